The molecule has 0 spiro atoms. The zero-order valence-corrected chi connectivity index (χ0v) is 10.5. The fourth-order valence-electron chi connectivity index (χ4n) is 1.63. The van der Waals surface area contributed by atoms with Crippen molar-refractivity contribution < 1.29 is 0 Å². The molecule has 0 saturated carbocycles. The van der Waals surface area contributed by atoms with Crippen LogP contribution in [-0.4, -0.2) is 16.1 Å². The predicted octanol–water partition coefficient (Wildman–Crippen LogP) is 2.41. The molecular formula is C12H17N3S. The molecule has 0 fully saturated rings. The summed E-state index contributed by atoms with van der Waals surface area (Å²) >= 11 is 1.71. The first-order valence-electron chi connectivity index (χ1n) is 5.54. The lowest BCUT2D eigenvalue weighted by Crippen LogP contribution is -2.11. The summed E-state index contributed by atoms with van der Waals surface area (Å²) in [4.78, 5) is 4.46. The van der Waals surface area contributed by atoms with Crippen molar-refractivity contribution >= 4 is 11.3 Å². The Balaban J connectivity index is 1.97. The van der Waals surface area contributed by atoms with Crippen molar-refractivity contribution in [2.24, 2.45) is 0 Å². The number of aryl methyl sites for hydroxylation is 1. The van der Waals surface area contributed by atoms with Crippen molar-refractivity contribution in [1.82, 2.24) is 14.9 Å². The van der Waals surface area contributed by atoms with Gasteiger partial charge in [-0.1, -0.05) is 6.92 Å². The van der Waals surface area contributed by atoms with E-state index in [1.807, 2.05) is 6.92 Å². The Kier molecular flexibility index (Phi) is 3.74. The van der Waals surface area contributed by atoms with Crippen LogP contribution in [0.1, 0.15) is 23.2 Å². The molecule has 0 atom stereocenters. The average molecular weight is 235 g/mol. The molecule has 0 radical (unpaired) electrons. The monoisotopic (exact) mass is 235 g/mol. The number of nitrogens with zero attached hydrogens (tertiary/aromatic N) is 2. The molecule has 2 aromatic rings. The summed E-state index contributed by atoms with van der Waals surface area (Å²) in [7, 11) is 0. The van der Waals surface area contributed by atoms with E-state index in [0.29, 0.717) is 0 Å². The second-order valence-corrected chi connectivity index (χ2v) is 4.89. The van der Waals surface area contributed by atoms with Gasteiger partial charge in [-0.05, 0) is 25.1 Å². The third-order valence-electron chi connectivity index (χ3n) is 2.40. The van der Waals surface area contributed by atoms with Crippen LogP contribution in [0, 0.1) is 6.92 Å². The van der Waals surface area contributed by atoms with Crippen molar-refractivity contribution in [3.05, 3.63) is 40.1 Å². The van der Waals surface area contributed by atoms with Gasteiger partial charge in [0, 0.05) is 24.3 Å². The van der Waals surface area contributed by atoms with E-state index in [0.717, 1.165) is 30.3 Å². The molecule has 0 aliphatic rings. The van der Waals surface area contributed by atoms with E-state index >= 15 is 0 Å². The molecule has 2 heterocycles. The number of rotatable bonds is 5. The summed E-state index contributed by atoms with van der Waals surface area (Å²) in [6.45, 7) is 6.99. The predicted molar refractivity (Wildman–Crippen MR) is 67.8 cm³/mol. The summed E-state index contributed by atoms with van der Waals surface area (Å²) in [5.41, 5.74) is 2.47. The topological polar surface area (TPSA) is 29.9 Å². The molecule has 4 heteroatoms. The molecule has 0 saturated heterocycles. The number of hydrogen-bond donors (Lipinski definition) is 1. The van der Waals surface area contributed by atoms with Crippen LogP contribution in [-0.2, 0) is 13.1 Å². The first-order valence-corrected chi connectivity index (χ1v) is 6.42. The van der Waals surface area contributed by atoms with Gasteiger partial charge in [-0.3, -0.25) is 0 Å². The number of aromatic nitrogens is 2. The van der Waals surface area contributed by atoms with Gasteiger partial charge in [-0.25, -0.2) is 4.98 Å². The van der Waals surface area contributed by atoms with E-state index < -0.39 is 0 Å². The SMILES string of the molecule is CCNCc1ccn(Cc2csc(C)n2)c1. The standard InChI is InChI=1S/C12H17N3S/c1-3-13-6-11-4-5-15(7-11)8-12-9-16-10(2)14-12/h4-5,7,9,13H,3,6,8H2,1-2H3. The Bertz CT molecular complexity index is 445. The normalized spacial score (nSPS) is 10.9. The minimum absolute atomic E-state index is 0.871. The molecule has 86 valence electrons. The Labute approximate surface area is 100 Å². The number of nitrogens with one attached hydrogen (secondary N) is 1. The van der Waals surface area contributed by atoms with Crippen LogP contribution in [0.4, 0.5) is 0 Å². The highest BCUT2D eigenvalue weighted by atomic mass is 32.1. The van der Waals surface area contributed by atoms with Crippen LogP contribution in [0.15, 0.2) is 23.8 Å². The Morgan fingerprint density at radius 2 is 2.38 bits per heavy atom. The maximum Gasteiger partial charge on any atom is 0.0898 e. The lowest BCUT2D eigenvalue weighted by molar-refractivity contribution is 0.719. The van der Waals surface area contributed by atoms with Crippen LogP contribution in [0.25, 0.3) is 0 Å². The fourth-order valence-corrected chi connectivity index (χ4v) is 2.23. The first-order chi connectivity index (χ1) is 7.78. The molecular weight excluding hydrogens is 218 g/mol. The van der Waals surface area contributed by atoms with E-state index in [1.54, 1.807) is 11.3 Å². The van der Waals surface area contributed by atoms with Gasteiger partial charge in [0.15, 0.2) is 0 Å². The minimum Gasteiger partial charge on any atom is -0.348 e. The molecule has 3 nitrogen and oxygen atoms in total. The first kappa shape index (κ1) is 11.4. The maximum atomic E-state index is 4.46. The molecule has 16 heavy (non-hydrogen) atoms. The summed E-state index contributed by atoms with van der Waals surface area (Å²) in [6, 6.07) is 2.15. The highest BCUT2D eigenvalue weighted by Crippen LogP contribution is 2.10. The van der Waals surface area contributed by atoms with Gasteiger partial charge in [0.25, 0.3) is 0 Å². The molecule has 0 bridgehead atoms. The quantitative estimate of drug-likeness (QED) is 0.862. The van der Waals surface area contributed by atoms with E-state index in [2.05, 4.69) is 45.6 Å². The highest BCUT2D eigenvalue weighted by molar-refractivity contribution is 7.09. The van der Waals surface area contributed by atoms with Crippen LogP contribution in [0.2, 0.25) is 0 Å². The van der Waals surface area contributed by atoms with Crippen molar-refractivity contribution in [3.8, 4) is 0 Å². The largest absolute Gasteiger partial charge is 0.348 e. The molecule has 0 aliphatic carbocycles. The minimum atomic E-state index is 0.871. The molecule has 0 aliphatic heterocycles. The lowest BCUT2D eigenvalue weighted by Gasteiger charge is -1.99. The van der Waals surface area contributed by atoms with E-state index in [9.17, 15) is 0 Å². The third-order valence-corrected chi connectivity index (χ3v) is 3.22. The van der Waals surface area contributed by atoms with Crippen LogP contribution >= 0.6 is 11.3 Å². The summed E-state index contributed by atoms with van der Waals surface area (Å²) in [6.07, 6.45) is 4.29. The fraction of sp³-hybridized carbons (Fsp3) is 0.417. The van der Waals surface area contributed by atoms with Crippen LogP contribution < -0.4 is 5.32 Å². The lowest BCUT2D eigenvalue weighted by atomic mass is 10.3. The summed E-state index contributed by atoms with van der Waals surface area (Å²) < 4.78 is 2.18. The zero-order valence-electron chi connectivity index (χ0n) is 9.73. The van der Waals surface area contributed by atoms with Crippen molar-refractivity contribution in [1.29, 1.82) is 0 Å². The maximum absolute atomic E-state index is 4.46. The molecule has 1 N–H and O–H groups in total. The van der Waals surface area contributed by atoms with Gasteiger partial charge in [-0.15, -0.1) is 11.3 Å². The van der Waals surface area contributed by atoms with E-state index in [-0.39, 0.29) is 0 Å². The Morgan fingerprint density at radius 1 is 1.50 bits per heavy atom. The van der Waals surface area contributed by atoms with Crippen LogP contribution in [0.5, 0.6) is 0 Å². The van der Waals surface area contributed by atoms with E-state index in [1.165, 1.54) is 5.56 Å². The molecule has 0 amide bonds. The molecule has 0 unspecified atom stereocenters. The summed E-state index contributed by atoms with van der Waals surface area (Å²) in [5, 5.41) is 6.58. The number of thiazole rings is 1. The van der Waals surface area contributed by atoms with Gasteiger partial charge < -0.3 is 9.88 Å². The highest BCUT2D eigenvalue weighted by Gasteiger charge is 2.00. The summed E-state index contributed by atoms with van der Waals surface area (Å²) in [5.74, 6) is 0. The van der Waals surface area contributed by atoms with E-state index in [4.69, 9.17) is 0 Å². The van der Waals surface area contributed by atoms with Crippen LogP contribution in [0.3, 0.4) is 0 Å². The van der Waals surface area contributed by atoms with Gasteiger partial charge in [0.1, 0.15) is 0 Å². The molecule has 0 aromatic carbocycles. The van der Waals surface area contributed by atoms with Crippen molar-refractivity contribution in [2.45, 2.75) is 26.9 Å². The van der Waals surface area contributed by atoms with Gasteiger partial charge >= 0.3 is 0 Å². The Morgan fingerprint density at radius 3 is 3.06 bits per heavy atom. The second kappa shape index (κ2) is 5.27. The zero-order chi connectivity index (χ0) is 11.4. The second-order valence-electron chi connectivity index (χ2n) is 3.83. The Hall–Kier alpha value is -1.13. The number of hydrogen-bond acceptors (Lipinski definition) is 3. The van der Waals surface area contributed by atoms with Gasteiger partial charge in [-0.2, -0.15) is 0 Å². The molecule has 2 aromatic heterocycles. The van der Waals surface area contributed by atoms with Crippen molar-refractivity contribution in [3.63, 3.8) is 0 Å². The van der Waals surface area contributed by atoms with Gasteiger partial charge in [0.2, 0.25) is 0 Å². The third kappa shape index (κ3) is 2.93. The van der Waals surface area contributed by atoms with Gasteiger partial charge in [0.05, 0.1) is 17.2 Å². The molecule has 2 rings (SSSR count). The smallest absolute Gasteiger partial charge is 0.0898 e. The average Bonchev–Trinajstić information content (AvgIpc) is 2.86. The van der Waals surface area contributed by atoms with Crippen molar-refractivity contribution in [2.75, 3.05) is 6.54 Å².